The molecular weight excluding hydrogens is 262 g/mol. The molecule has 1 amide bonds. The summed E-state index contributed by atoms with van der Waals surface area (Å²) in [4.78, 5) is 24.7. The van der Waals surface area contributed by atoms with E-state index in [1.54, 1.807) is 0 Å². The van der Waals surface area contributed by atoms with E-state index in [-0.39, 0.29) is 29.4 Å². The van der Waals surface area contributed by atoms with E-state index in [1.807, 2.05) is 34.6 Å². The number of carbonyl (C=O) groups excluding carboxylic acids is 2. The van der Waals surface area contributed by atoms with Crippen molar-refractivity contribution in [3.8, 4) is 0 Å². The normalized spacial score (nSPS) is 19.7. The third kappa shape index (κ3) is 5.12. The van der Waals surface area contributed by atoms with Crippen molar-refractivity contribution in [1.29, 1.82) is 0 Å². The van der Waals surface area contributed by atoms with Gasteiger partial charge in [0.1, 0.15) is 5.78 Å². The quantitative estimate of drug-likeness (QED) is 0.773. The summed E-state index contributed by atoms with van der Waals surface area (Å²) < 4.78 is 0. The molecule has 0 spiro atoms. The molecule has 1 fully saturated rings. The number of hydrogen-bond donors (Lipinski definition) is 1. The third-order valence-corrected chi connectivity index (χ3v) is 4.92. The molecule has 3 nitrogen and oxygen atoms in total. The Bertz CT molecular complexity index is 362. The fourth-order valence-corrected chi connectivity index (χ4v) is 3.66. The molecule has 1 aliphatic carbocycles. The number of ketones is 1. The van der Waals surface area contributed by atoms with Gasteiger partial charge in [-0.25, -0.2) is 0 Å². The topological polar surface area (TPSA) is 60.2 Å². The highest BCUT2D eigenvalue weighted by molar-refractivity contribution is 5.91. The van der Waals surface area contributed by atoms with Gasteiger partial charge in [-0.05, 0) is 24.7 Å². The zero-order valence-corrected chi connectivity index (χ0v) is 14.4. The number of amides is 1. The minimum atomic E-state index is -0.421. The molecule has 0 aromatic carbocycles. The average molecular weight is 295 g/mol. The molecule has 0 saturated heterocycles. The summed E-state index contributed by atoms with van der Waals surface area (Å²) in [6, 6.07) is 0. The summed E-state index contributed by atoms with van der Waals surface area (Å²) in [5.41, 5.74) is 5.23. The van der Waals surface area contributed by atoms with Crippen LogP contribution >= 0.6 is 0 Å². The minimum absolute atomic E-state index is 0.151. The Hall–Kier alpha value is -0.860. The van der Waals surface area contributed by atoms with Crippen LogP contribution in [0, 0.1) is 29.1 Å². The predicted octanol–water partition coefficient (Wildman–Crippen LogP) is 3.95. The van der Waals surface area contributed by atoms with E-state index in [2.05, 4.69) is 0 Å². The van der Waals surface area contributed by atoms with E-state index in [0.29, 0.717) is 0 Å². The molecule has 1 aliphatic rings. The molecule has 1 rings (SSSR count). The Balaban J connectivity index is 2.82. The van der Waals surface area contributed by atoms with Gasteiger partial charge < -0.3 is 5.73 Å². The summed E-state index contributed by atoms with van der Waals surface area (Å²) in [5, 5.41) is 0. The number of Topliss-reactive ketones (excluding diaryl/α,β-unsaturated/α-hetero) is 1. The Kier molecular flexibility index (Phi) is 6.42. The summed E-state index contributed by atoms with van der Waals surface area (Å²) >= 11 is 0. The molecule has 0 bridgehead atoms. The van der Waals surface area contributed by atoms with E-state index in [4.69, 9.17) is 5.73 Å². The second-order valence-corrected chi connectivity index (χ2v) is 8.12. The first kappa shape index (κ1) is 18.2. The maximum Gasteiger partial charge on any atom is 0.221 e. The van der Waals surface area contributed by atoms with E-state index < -0.39 is 5.41 Å². The smallest absolute Gasteiger partial charge is 0.221 e. The second-order valence-electron chi connectivity index (χ2n) is 8.12. The molecule has 0 aromatic heterocycles. The van der Waals surface area contributed by atoms with Crippen LogP contribution in [0.5, 0.6) is 0 Å². The molecule has 1 saturated carbocycles. The Labute approximate surface area is 130 Å². The highest BCUT2D eigenvalue weighted by Crippen LogP contribution is 2.36. The van der Waals surface area contributed by atoms with Crippen LogP contribution in [-0.4, -0.2) is 11.7 Å². The van der Waals surface area contributed by atoms with Crippen LogP contribution in [-0.2, 0) is 9.59 Å². The first-order valence-electron chi connectivity index (χ1n) is 8.48. The highest BCUT2D eigenvalue weighted by Gasteiger charge is 2.39. The molecule has 0 heterocycles. The monoisotopic (exact) mass is 295 g/mol. The van der Waals surface area contributed by atoms with Crippen molar-refractivity contribution < 1.29 is 9.59 Å². The van der Waals surface area contributed by atoms with Crippen LogP contribution in [0.25, 0.3) is 0 Å². The molecule has 2 atom stereocenters. The average Bonchev–Trinajstić information content (AvgIpc) is 2.84. The van der Waals surface area contributed by atoms with Crippen LogP contribution in [0.3, 0.4) is 0 Å². The fourth-order valence-electron chi connectivity index (χ4n) is 3.66. The molecule has 0 radical (unpaired) electrons. The van der Waals surface area contributed by atoms with Gasteiger partial charge in [-0.3, -0.25) is 9.59 Å². The van der Waals surface area contributed by atoms with Gasteiger partial charge in [0.25, 0.3) is 0 Å². The summed E-state index contributed by atoms with van der Waals surface area (Å²) in [6.45, 7) is 9.85. The van der Waals surface area contributed by atoms with Gasteiger partial charge in [-0.2, -0.15) is 0 Å². The van der Waals surface area contributed by atoms with Crippen LogP contribution < -0.4 is 5.73 Å². The van der Waals surface area contributed by atoms with Gasteiger partial charge >= 0.3 is 0 Å². The van der Waals surface area contributed by atoms with Crippen molar-refractivity contribution in [2.75, 3.05) is 0 Å². The number of nitrogens with two attached hydrogens (primary N) is 1. The van der Waals surface area contributed by atoms with E-state index in [1.165, 1.54) is 25.7 Å². The lowest BCUT2D eigenvalue weighted by molar-refractivity contribution is -0.139. The fraction of sp³-hybridized carbons (Fsp3) is 0.889. The molecule has 3 heteroatoms. The molecule has 0 aliphatic heterocycles. The molecule has 122 valence electrons. The lowest BCUT2D eigenvalue weighted by Gasteiger charge is -2.32. The number of carbonyl (C=O) groups is 2. The first-order chi connectivity index (χ1) is 9.64. The minimum Gasteiger partial charge on any atom is -0.369 e. The third-order valence-electron chi connectivity index (χ3n) is 4.92. The Morgan fingerprint density at radius 2 is 1.67 bits per heavy atom. The van der Waals surface area contributed by atoms with Crippen LogP contribution in [0.4, 0.5) is 0 Å². The molecule has 0 aromatic rings. The van der Waals surface area contributed by atoms with Crippen LogP contribution in [0.15, 0.2) is 0 Å². The maximum atomic E-state index is 12.7. The van der Waals surface area contributed by atoms with Crippen molar-refractivity contribution in [3.63, 3.8) is 0 Å². The van der Waals surface area contributed by atoms with E-state index in [9.17, 15) is 9.59 Å². The lowest BCUT2D eigenvalue weighted by atomic mass is 9.70. The van der Waals surface area contributed by atoms with Crippen molar-refractivity contribution in [2.45, 2.75) is 73.1 Å². The molecular formula is C18H33NO2. The van der Waals surface area contributed by atoms with Gasteiger partial charge in [-0.15, -0.1) is 0 Å². The standard InChI is InChI=1S/C18H33NO2/c1-12(2)15(16(20)18(3,4)5)14(17(19)21)11-10-13-8-6-7-9-13/h12-15H,6-11H2,1-5H3,(H2,19,21)/t14-,15+/m0/s1. The van der Waals surface area contributed by atoms with Gasteiger partial charge in [-0.1, -0.05) is 60.3 Å². The maximum absolute atomic E-state index is 12.7. The van der Waals surface area contributed by atoms with Gasteiger partial charge in [0.05, 0.1) is 0 Å². The van der Waals surface area contributed by atoms with E-state index >= 15 is 0 Å². The number of hydrogen-bond acceptors (Lipinski definition) is 2. The van der Waals surface area contributed by atoms with E-state index in [0.717, 1.165) is 18.8 Å². The van der Waals surface area contributed by atoms with Crippen molar-refractivity contribution >= 4 is 11.7 Å². The molecule has 0 unspecified atom stereocenters. The number of rotatable bonds is 7. The zero-order valence-electron chi connectivity index (χ0n) is 14.4. The van der Waals surface area contributed by atoms with Gasteiger partial charge in [0.15, 0.2) is 0 Å². The summed E-state index contributed by atoms with van der Waals surface area (Å²) in [6.07, 6.45) is 6.95. The van der Waals surface area contributed by atoms with Crippen LogP contribution in [0.1, 0.15) is 73.1 Å². The van der Waals surface area contributed by atoms with Crippen molar-refractivity contribution in [3.05, 3.63) is 0 Å². The van der Waals surface area contributed by atoms with Crippen molar-refractivity contribution in [1.82, 2.24) is 0 Å². The summed E-state index contributed by atoms with van der Waals surface area (Å²) in [7, 11) is 0. The highest BCUT2D eigenvalue weighted by atomic mass is 16.1. The largest absolute Gasteiger partial charge is 0.369 e. The van der Waals surface area contributed by atoms with Crippen molar-refractivity contribution in [2.24, 2.45) is 34.8 Å². The Morgan fingerprint density at radius 3 is 2.05 bits per heavy atom. The first-order valence-corrected chi connectivity index (χ1v) is 8.48. The molecule has 2 N–H and O–H groups in total. The SMILES string of the molecule is CC(C)[C@@H](C(=O)C(C)(C)C)[C@H](CCC1CCCC1)C(N)=O. The van der Waals surface area contributed by atoms with Crippen LogP contribution in [0.2, 0.25) is 0 Å². The number of primary amides is 1. The summed E-state index contributed by atoms with van der Waals surface area (Å²) in [5.74, 6) is 0.195. The second kappa shape index (κ2) is 7.42. The zero-order chi connectivity index (χ0) is 16.2. The predicted molar refractivity (Wildman–Crippen MR) is 86.7 cm³/mol. The van der Waals surface area contributed by atoms with Gasteiger partial charge in [0, 0.05) is 17.3 Å². The molecule has 21 heavy (non-hydrogen) atoms. The van der Waals surface area contributed by atoms with Gasteiger partial charge in [0.2, 0.25) is 5.91 Å². The Morgan fingerprint density at radius 1 is 1.14 bits per heavy atom. The lowest BCUT2D eigenvalue weighted by Crippen LogP contribution is -2.42.